The van der Waals surface area contributed by atoms with Crippen LogP contribution in [-0.4, -0.2) is 64.3 Å². The van der Waals surface area contributed by atoms with Gasteiger partial charge < -0.3 is 26.2 Å². The van der Waals surface area contributed by atoms with E-state index in [-0.39, 0.29) is 22.2 Å². The summed E-state index contributed by atoms with van der Waals surface area (Å²) in [6, 6.07) is 0. The molecule has 0 saturated carbocycles. The number of unbranched alkanes of at least 4 members (excludes halogenated alkanes) is 2. The van der Waals surface area contributed by atoms with Crippen LogP contribution >= 0.6 is 0 Å². The van der Waals surface area contributed by atoms with Crippen LogP contribution in [0.2, 0.25) is 0 Å². The molecule has 0 aromatic carbocycles. The number of hydrogen-bond acceptors (Lipinski definition) is 8. The molecule has 0 unspecified atom stereocenters. The van der Waals surface area contributed by atoms with Crippen LogP contribution < -0.4 is 26.2 Å². The fourth-order valence-electron chi connectivity index (χ4n) is 7.71. The van der Waals surface area contributed by atoms with E-state index in [2.05, 4.69) is 91.6 Å². The highest BCUT2D eigenvalue weighted by Gasteiger charge is 2.38. The maximum Gasteiger partial charge on any atom is 0.231 e. The van der Waals surface area contributed by atoms with Crippen LogP contribution in [0.15, 0.2) is 0 Å². The van der Waals surface area contributed by atoms with E-state index in [0.717, 1.165) is 37.8 Å². The summed E-state index contributed by atoms with van der Waals surface area (Å²) >= 11 is 0. The number of nitrogens with zero attached hydrogens (tertiary/aromatic N) is 4. The second kappa shape index (κ2) is 12.9. The van der Waals surface area contributed by atoms with Crippen molar-refractivity contribution in [2.24, 2.45) is 11.8 Å². The molecule has 4 N–H and O–H groups in total. The van der Waals surface area contributed by atoms with Crippen molar-refractivity contribution in [3.63, 3.8) is 0 Å². The molecule has 0 radical (unpaired) electrons. The van der Waals surface area contributed by atoms with Crippen LogP contribution in [0.25, 0.3) is 0 Å². The molecule has 0 spiro atoms. The van der Waals surface area contributed by atoms with Crippen molar-refractivity contribution in [1.29, 1.82) is 0 Å². The van der Waals surface area contributed by atoms with Gasteiger partial charge in [0.15, 0.2) is 0 Å². The van der Waals surface area contributed by atoms with Gasteiger partial charge in [-0.15, -0.1) is 0 Å². The standard InChI is InChI=1S/C31H60N8/c1-28(2)19-23(20-29(3,4)37-28)15-11-13-17-32-25-34-26(36-27(35-25)39(9)10)33-18-14-12-16-24-21-30(5,6)38-31(7,8)22-24/h23-24,37-38H,11-22H2,1-10H3,(H2,32,33,34,35,36). The van der Waals surface area contributed by atoms with Crippen molar-refractivity contribution >= 4 is 17.8 Å². The highest BCUT2D eigenvalue weighted by molar-refractivity contribution is 5.42. The van der Waals surface area contributed by atoms with Gasteiger partial charge in [-0.25, -0.2) is 0 Å². The van der Waals surface area contributed by atoms with E-state index in [1.54, 1.807) is 0 Å². The summed E-state index contributed by atoms with van der Waals surface area (Å²) in [5.74, 6) is 3.60. The topological polar surface area (TPSA) is 90.0 Å². The van der Waals surface area contributed by atoms with Crippen LogP contribution in [0.5, 0.6) is 0 Å². The summed E-state index contributed by atoms with van der Waals surface area (Å²) in [6.45, 7) is 20.5. The zero-order chi connectivity index (χ0) is 28.9. The van der Waals surface area contributed by atoms with E-state index in [1.807, 2.05) is 19.0 Å². The molecule has 1 aromatic heterocycles. The summed E-state index contributed by atoms with van der Waals surface area (Å²) in [5.41, 5.74) is 0.900. The number of anilines is 3. The van der Waals surface area contributed by atoms with Gasteiger partial charge >= 0.3 is 0 Å². The van der Waals surface area contributed by atoms with E-state index < -0.39 is 0 Å². The lowest BCUT2D eigenvalue weighted by atomic mass is 9.74. The lowest BCUT2D eigenvalue weighted by molar-refractivity contribution is 0.121. The van der Waals surface area contributed by atoms with Gasteiger partial charge in [0, 0.05) is 49.3 Å². The third-order valence-electron chi connectivity index (χ3n) is 8.22. The number of hydrogen-bond donors (Lipinski definition) is 4. The molecule has 8 nitrogen and oxygen atoms in total. The van der Waals surface area contributed by atoms with E-state index in [4.69, 9.17) is 0 Å². The average molecular weight is 545 g/mol. The Hall–Kier alpha value is -1.67. The number of piperidine rings is 2. The summed E-state index contributed by atoms with van der Waals surface area (Å²) < 4.78 is 0. The van der Waals surface area contributed by atoms with Crippen LogP contribution in [0.1, 0.15) is 120 Å². The zero-order valence-electron chi connectivity index (χ0n) is 26.9. The van der Waals surface area contributed by atoms with Gasteiger partial charge in [-0.2, -0.15) is 15.0 Å². The minimum atomic E-state index is 0.225. The van der Waals surface area contributed by atoms with E-state index in [0.29, 0.717) is 17.8 Å². The number of aromatic nitrogens is 3. The summed E-state index contributed by atoms with van der Waals surface area (Å²) in [6.07, 6.45) is 12.3. The maximum absolute atomic E-state index is 4.68. The van der Waals surface area contributed by atoms with Gasteiger partial charge in [-0.3, -0.25) is 0 Å². The van der Waals surface area contributed by atoms with Gasteiger partial charge in [0.25, 0.3) is 0 Å². The van der Waals surface area contributed by atoms with Crippen molar-refractivity contribution in [2.45, 2.75) is 142 Å². The van der Waals surface area contributed by atoms with Crippen LogP contribution in [0.4, 0.5) is 17.8 Å². The first-order valence-corrected chi connectivity index (χ1v) is 15.5. The number of nitrogens with one attached hydrogen (secondary N) is 4. The minimum Gasteiger partial charge on any atom is -0.354 e. The molecule has 0 atom stereocenters. The Bertz CT molecular complexity index is 810. The first-order chi connectivity index (χ1) is 18.0. The van der Waals surface area contributed by atoms with Crippen LogP contribution in [0.3, 0.4) is 0 Å². The van der Waals surface area contributed by atoms with E-state index in [9.17, 15) is 0 Å². The van der Waals surface area contributed by atoms with Crippen molar-refractivity contribution in [3.05, 3.63) is 0 Å². The quantitative estimate of drug-likeness (QED) is 0.218. The van der Waals surface area contributed by atoms with Gasteiger partial charge in [0.1, 0.15) is 0 Å². The first kappa shape index (κ1) is 31.9. The molecule has 2 saturated heterocycles. The molecule has 3 heterocycles. The molecule has 224 valence electrons. The molecule has 2 aliphatic heterocycles. The predicted molar refractivity (Wildman–Crippen MR) is 167 cm³/mol. The SMILES string of the molecule is CN(C)c1nc(NCCCCC2CC(C)(C)NC(C)(C)C2)nc(NCCCCC2CC(C)(C)NC(C)(C)C2)n1. The Morgan fingerprint density at radius 1 is 0.615 bits per heavy atom. The fourth-order valence-corrected chi connectivity index (χ4v) is 7.71. The van der Waals surface area contributed by atoms with Crippen molar-refractivity contribution in [1.82, 2.24) is 25.6 Å². The molecule has 2 aliphatic rings. The van der Waals surface area contributed by atoms with Gasteiger partial charge in [-0.1, -0.05) is 25.7 Å². The second-order valence-electron chi connectivity index (χ2n) is 15.4. The lowest BCUT2D eigenvalue weighted by Gasteiger charge is -2.46. The minimum absolute atomic E-state index is 0.225. The van der Waals surface area contributed by atoms with E-state index in [1.165, 1.54) is 51.4 Å². The molecule has 2 fully saturated rings. The molecule has 1 aromatic rings. The molecule has 0 bridgehead atoms. The molecule has 3 rings (SSSR count). The first-order valence-electron chi connectivity index (χ1n) is 15.5. The Labute approximate surface area is 239 Å². The summed E-state index contributed by atoms with van der Waals surface area (Å²) in [4.78, 5) is 15.9. The summed E-state index contributed by atoms with van der Waals surface area (Å²) in [5, 5.41) is 14.5. The second-order valence-corrected chi connectivity index (χ2v) is 15.4. The monoisotopic (exact) mass is 544 g/mol. The fraction of sp³-hybridized carbons (Fsp3) is 0.903. The highest BCUT2D eigenvalue weighted by atomic mass is 15.3. The van der Waals surface area contributed by atoms with Crippen LogP contribution in [-0.2, 0) is 0 Å². The molecule has 8 heteroatoms. The molecule has 0 aliphatic carbocycles. The molecule has 39 heavy (non-hydrogen) atoms. The molecule has 0 amide bonds. The Balaban J connectivity index is 1.41. The summed E-state index contributed by atoms with van der Waals surface area (Å²) in [7, 11) is 3.96. The van der Waals surface area contributed by atoms with Gasteiger partial charge in [0.2, 0.25) is 17.8 Å². The Morgan fingerprint density at radius 2 is 0.974 bits per heavy atom. The average Bonchev–Trinajstić information content (AvgIpc) is 2.74. The maximum atomic E-state index is 4.68. The smallest absolute Gasteiger partial charge is 0.231 e. The third-order valence-corrected chi connectivity index (χ3v) is 8.22. The van der Waals surface area contributed by atoms with Crippen molar-refractivity contribution in [3.8, 4) is 0 Å². The van der Waals surface area contributed by atoms with Crippen molar-refractivity contribution < 1.29 is 0 Å². The van der Waals surface area contributed by atoms with Gasteiger partial charge in [0.05, 0.1) is 0 Å². The van der Waals surface area contributed by atoms with E-state index >= 15 is 0 Å². The predicted octanol–water partition coefficient (Wildman–Crippen LogP) is 6.22. The Kier molecular flexibility index (Phi) is 10.5. The zero-order valence-corrected chi connectivity index (χ0v) is 26.9. The molecular weight excluding hydrogens is 484 g/mol. The lowest BCUT2D eigenvalue weighted by Crippen LogP contribution is -2.57. The molecular formula is C31H60N8. The van der Waals surface area contributed by atoms with Gasteiger partial charge in [-0.05, 0) is 106 Å². The third kappa shape index (κ3) is 11.0. The largest absolute Gasteiger partial charge is 0.354 e. The Morgan fingerprint density at radius 3 is 1.31 bits per heavy atom. The normalized spacial score (nSPS) is 22.4. The number of rotatable bonds is 13. The van der Waals surface area contributed by atoms with Crippen LogP contribution in [0, 0.1) is 11.8 Å². The highest BCUT2D eigenvalue weighted by Crippen LogP contribution is 2.36. The van der Waals surface area contributed by atoms with Crippen molar-refractivity contribution in [2.75, 3.05) is 42.7 Å².